The van der Waals surface area contributed by atoms with E-state index in [1.165, 1.54) is 28.8 Å². The van der Waals surface area contributed by atoms with E-state index in [-0.39, 0.29) is 0 Å². The third-order valence-electron chi connectivity index (χ3n) is 4.74. The molecule has 0 bridgehead atoms. The average Bonchev–Trinajstić information content (AvgIpc) is 3.22. The first-order valence-electron chi connectivity index (χ1n) is 8.53. The van der Waals surface area contributed by atoms with Crippen LogP contribution in [0.4, 0.5) is 5.95 Å². The number of aryl methyl sites for hydroxylation is 2. The number of nitrogens with two attached hydrogens (primary N) is 1. The lowest BCUT2D eigenvalue weighted by Gasteiger charge is -2.10. The molecule has 3 aromatic heterocycles. The van der Waals surface area contributed by atoms with E-state index in [0.717, 1.165) is 44.1 Å². The third-order valence-corrected chi connectivity index (χ3v) is 7.45. The van der Waals surface area contributed by atoms with Gasteiger partial charge in [-0.05, 0) is 48.9 Å². The topological polar surface area (TPSA) is 69.1 Å². The number of thioether (sulfide) groups is 1. The van der Waals surface area contributed by atoms with Crippen LogP contribution in [0.15, 0.2) is 33.9 Å². The zero-order chi connectivity index (χ0) is 17.7. The fourth-order valence-electron chi connectivity index (χ4n) is 3.48. The molecule has 0 saturated heterocycles. The second-order valence-corrected chi connectivity index (χ2v) is 9.36. The van der Waals surface area contributed by atoms with Gasteiger partial charge in [0.05, 0.1) is 5.39 Å². The van der Waals surface area contributed by atoms with Gasteiger partial charge in [0.1, 0.15) is 4.83 Å². The Hall–Kier alpha value is -1.64. The lowest BCUT2D eigenvalue weighted by Crippen LogP contribution is -2.03. The quantitative estimate of drug-likeness (QED) is 0.456. The van der Waals surface area contributed by atoms with Gasteiger partial charge in [-0.1, -0.05) is 39.8 Å². The lowest BCUT2D eigenvalue weighted by atomic mass is 9.97. The van der Waals surface area contributed by atoms with Crippen molar-refractivity contribution >= 4 is 60.8 Å². The molecular formula is C18H16BrN5S2. The molecule has 0 atom stereocenters. The summed E-state index contributed by atoms with van der Waals surface area (Å²) < 4.78 is 2.99. The normalized spacial score (nSPS) is 14.2. The van der Waals surface area contributed by atoms with E-state index in [2.05, 4.69) is 55.4 Å². The van der Waals surface area contributed by atoms with Crippen LogP contribution in [-0.2, 0) is 18.6 Å². The van der Waals surface area contributed by atoms with Crippen molar-refractivity contribution in [3.05, 3.63) is 44.7 Å². The van der Waals surface area contributed by atoms with E-state index < -0.39 is 0 Å². The summed E-state index contributed by atoms with van der Waals surface area (Å²) in [4.78, 5) is 7.11. The number of hydrogen-bond acceptors (Lipinski definition) is 6. The second-order valence-electron chi connectivity index (χ2n) is 6.42. The minimum Gasteiger partial charge on any atom is -0.369 e. The number of aromatic nitrogens is 4. The van der Waals surface area contributed by atoms with Crippen LogP contribution in [0.2, 0.25) is 0 Å². The first-order valence-corrected chi connectivity index (χ1v) is 11.1. The number of benzene rings is 1. The fraction of sp³-hybridized carbons (Fsp3) is 0.278. The number of anilines is 1. The van der Waals surface area contributed by atoms with Gasteiger partial charge >= 0.3 is 0 Å². The van der Waals surface area contributed by atoms with Crippen LogP contribution < -0.4 is 5.73 Å². The molecule has 2 N–H and O–H groups in total. The molecule has 8 heteroatoms. The van der Waals surface area contributed by atoms with Gasteiger partial charge in [-0.15, -0.1) is 21.5 Å². The van der Waals surface area contributed by atoms with Crippen LogP contribution in [0.1, 0.15) is 28.8 Å². The highest BCUT2D eigenvalue weighted by atomic mass is 79.9. The maximum Gasteiger partial charge on any atom is 0.209 e. The predicted octanol–water partition coefficient (Wildman–Crippen LogP) is 4.85. The standard InChI is InChI=1S/C18H16BrN5S2/c19-11-7-5-10(6-8-11)9-25-18-23-22-15-14-12-3-1-2-4-13(12)26-16(14)21-17(20)24(15)18/h5-8H,1-4,9H2,(H2,20,21). The molecule has 4 aromatic rings. The van der Waals surface area contributed by atoms with Crippen LogP contribution in [0.25, 0.3) is 15.9 Å². The Balaban J connectivity index is 1.58. The minimum absolute atomic E-state index is 0.467. The smallest absolute Gasteiger partial charge is 0.209 e. The predicted molar refractivity (Wildman–Crippen MR) is 111 cm³/mol. The second kappa shape index (κ2) is 6.51. The maximum atomic E-state index is 6.27. The number of nitrogens with zero attached hydrogens (tertiary/aromatic N) is 4. The Bertz CT molecular complexity index is 1120. The molecule has 5 rings (SSSR count). The number of fused-ring (bicyclic) bond motifs is 5. The van der Waals surface area contributed by atoms with Gasteiger partial charge in [-0.2, -0.15) is 0 Å². The SMILES string of the molecule is Nc1nc2sc3c(c2c2nnc(SCc4ccc(Br)cc4)n12)CCCC3. The van der Waals surface area contributed by atoms with Crippen molar-refractivity contribution in [2.24, 2.45) is 0 Å². The molecule has 3 heterocycles. The van der Waals surface area contributed by atoms with Crippen molar-refractivity contribution < 1.29 is 0 Å². The number of halogens is 1. The highest BCUT2D eigenvalue weighted by Gasteiger charge is 2.22. The number of nitrogen functional groups attached to an aromatic ring is 1. The van der Waals surface area contributed by atoms with Crippen LogP contribution in [-0.4, -0.2) is 19.6 Å². The van der Waals surface area contributed by atoms with Crippen molar-refractivity contribution in [2.75, 3.05) is 5.73 Å². The van der Waals surface area contributed by atoms with Crippen LogP contribution >= 0.6 is 39.0 Å². The van der Waals surface area contributed by atoms with Gasteiger partial charge in [0.15, 0.2) is 10.8 Å². The Morgan fingerprint density at radius 2 is 1.96 bits per heavy atom. The molecule has 1 aromatic carbocycles. The van der Waals surface area contributed by atoms with Crippen molar-refractivity contribution in [1.82, 2.24) is 19.6 Å². The Labute approximate surface area is 167 Å². The minimum atomic E-state index is 0.467. The maximum absolute atomic E-state index is 6.27. The lowest BCUT2D eigenvalue weighted by molar-refractivity contribution is 0.700. The highest BCUT2D eigenvalue weighted by molar-refractivity contribution is 9.10. The molecule has 0 saturated carbocycles. The summed E-state index contributed by atoms with van der Waals surface area (Å²) in [7, 11) is 0. The van der Waals surface area contributed by atoms with Crippen molar-refractivity contribution in [2.45, 2.75) is 36.6 Å². The Morgan fingerprint density at radius 3 is 2.81 bits per heavy atom. The molecule has 0 unspecified atom stereocenters. The van der Waals surface area contributed by atoms with Gasteiger partial charge in [0, 0.05) is 15.1 Å². The molecule has 132 valence electrons. The van der Waals surface area contributed by atoms with Crippen molar-refractivity contribution in [1.29, 1.82) is 0 Å². The first-order chi connectivity index (χ1) is 12.7. The molecular weight excluding hydrogens is 430 g/mol. The summed E-state index contributed by atoms with van der Waals surface area (Å²) in [5, 5.41) is 10.9. The largest absolute Gasteiger partial charge is 0.369 e. The van der Waals surface area contributed by atoms with Crippen LogP contribution in [0.3, 0.4) is 0 Å². The van der Waals surface area contributed by atoms with E-state index >= 15 is 0 Å². The summed E-state index contributed by atoms with van der Waals surface area (Å²) in [6.45, 7) is 0. The monoisotopic (exact) mass is 445 g/mol. The van der Waals surface area contributed by atoms with Crippen molar-refractivity contribution in [3.63, 3.8) is 0 Å². The van der Waals surface area contributed by atoms with E-state index in [1.807, 2.05) is 4.40 Å². The molecule has 0 aliphatic heterocycles. The number of thiophene rings is 1. The third kappa shape index (κ3) is 2.71. The first kappa shape index (κ1) is 16.5. The van der Waals surface area contributed by atoms with Crippen LogP contribution in [0, 0.1) is 0 Å². The average molecular weight is 446 g/mol. The number of hydrogen-bond donors (Lipinski definition) is 1. The molecule has 0 spiro atoms. The molecule has 26 heavy (non-hydrogen) atoms. The summed E-state index contributed by atoms with van der Waals surface area (Å²) in [5.41, 5.74) is 9.77. The van der Waals surface area contributed by atoms with Gasteiger partial charge in [0.2, 0.25) is 5.95 Å². The van der Waals surface area contributed by atoms with E-state index in [4.69, 9.17) is 5.73 Å². The molecule has 1 aliphatic rings. The molecule has 1 aliphatic carbocycles. The Kier molecular flexibility index (Phi) is 4.14. The summed E-state index contributed by atoms with van der Waals surface area (Å²) >= 11 is 6.87. The molecule has 0 radical (unpaired) electrons. The van der Waals surface area contributed by atoms with Crippen molar-refractivity contribution in [3.8, 4) is 0 Å². The molecule has 0 fully saturated rings. The van der Waals surface area contributed by atoms with Gasteiger partial charge < -0.3 is 5.73 Å². The van der Waals surface area contributed by atoms with E-state index in [9.17, 15) is 0 Å². The van der Waals surface area contributed by atoms with E-state index in [1.54, 1.807) is 23.1 Å². The van der Waals surface area contributed by atoms with Crippen LogP contribution in [0.5, 0.6) is 0 Å². The fourth-order valence-corrected chi connectivity index (χ4v) is 5.90. The van der Waals surface area contributed by atoms with Gasteiger partial charge in [0.25, 0.3) is 0 Å². The zero-order valence-electron chi connectivity index (χ0n) is 13.9. The van der Waals surface area contributed by atoms with Gasteiger partial charge in [-0.25, -0.2) is 9.38 Å². The van der Waals surface area contributed by atoms with Gasteiger partial charge in [-0.3, -0.25) is 0 Å². The molecule has 5 nitrogen and oxygen atoms in total. The Morgan fingerprint density at radius 1 is 1.15 bits per heavy atom. The number of rotatable bonds is 3. The summed E-state index contributed by atoms with van der Waals surface area (Å²) in [6.07, 6.45) is 4.73. The summed E-state index contributed by atoms with van der Waals surface area (Å²) in [5.74, 6) is 1.28. The zero-order valence-corrected chi connectivity index (χ0v) is 17.1. The summed E-state index contributed by atoms with van der Waals surface area (Å²) in [6, 6.07) is 8.31. The highest BCUT2D eigenvalue weighted by Crippen LogP contribution is 2.38. The molecule has 0 amide bonds. The van der Waals surface area contributed by atoms with E-state index in [0.29, 0.717) is 5.95 Å².